The van der Waals surface area contributed by atoms with Crippen LogP contribution in [0, 0.1) is 23.6 Å². The summed E-state index contributed by atoms with van der Waals surface area (Å²) < 4.78 is 13.5. The zero-order chi connectivity index (χ0) is 17.8. The van der Waals surface area contributed by atoms with Crippen molar-refractivity contribution in [3.63, 3.8) is 0 Å². The number of halogens is 1. The molecule has 0 heterocycles. The summed E-state index contributed by atoms with van der Waals surface area (Å²) in [7, 11) is 0. The molecule has 2 amide bonds. The second-order valence-corrected chi connectivity index (χ2v) is 7.22. The molecule has 25 heavy (non-hydrogen) atoms. The fraction of sp³-hybridized carbons (Fsp3) is 0.579. The third-order valence-corrected chi connectivity index (χ3v) is 5.61. The number of nitrogens with two attached hydrogens (primary N) is 1. The van der Waals surface area contributed by atoms with Crippen molar-refractivity contribution < 1.29 is 14.0 Å². The quantitative estimate of drug-likeness (QED) is 0.711. The van der Waals surface area contributed by atoms with Crippen LogP contribution in [0.5, 0.6) is 0 Å². The van der Waals surface area contributed by atoms with Gasteiger partial charge in [0.25, 0.3) is 5.91 Å². The van der Waals surface area contributed by atoms with Crippen molar-refractivity contribution in [2.45, 2.75) is 38.1 Å². The van der Waals surface area contributed by atoms with Crippen LogP contribution in [0.1, 0.15) is 42.5 Å². The van der Waals surface area contributed by atoms with Crippen molar-refractivity contribution in [3.8, 4) is 0 Å². The Kier molecular flexibility index (Phi) is 5.68. The third kappa shape index (κ3) is 4.18. The summed E-state index contributed by atoms with van der Waals surface area (Å²) in [5.41, 5.74) is 6.28. The van der Waals surface area contributed by atoms with Crippen LogP contribution in [0.2, 0.25) is 0 Å². The van der Waals surface area contributed by atoms with E-state index in [1.54, 1.807) is 6.07 Å². The van der Waals surface area contributed by atoms with E-state index in [0.29, 0.717) is 18.4 Å². The minimum absolute atomic E-state index is 0.0166. The molecule has 136 valence electrons. The number of fused-ring (bicyclic) bond motifs is 2. The highest BCUT2D eigenvalue weighted by atomic mass is 19.1. The largest absolute Gasteiger partial charge is 0.354 e. The SMILES string of the molecule is NC1C2CCCC1CC(C(=O)NCCNC(=O)c1ccccc1F)C2. The first-order valence-corrected chi connectivity index (χ1v) is 9.12. The molecule has 2 fully saturated rings. The van der Waals surface area contributed by atoms with Crippen LogP contribution >= 0.6 is 0 Å². The summed E-state index contributed by atoms with van der Waals surface area (Å²) in [5.74, 6) is -0.0195. The Hall–Kier alpha value is -1.95. The number of rotatable bonds is 5. The Bertz CT molecular complexity index is 623. The maximum Gasteiger partial charge on any atom is 0.254 e. The summed E-state index contributed by atoms with van der Waals surface area (Å²) >= 11 is 0. The van der Waals surface area contributed by atoms with Crippen LogP contribution in [0.3, 0.4) is 0 Å². The predicted octanol–water partition coefficient (Wildman–Crippen LogP) is 1.83. The van der Waals surface area contributed by atoms with Crippen LogP contribution in [0.25, 0.3) is 0 Å². The van der Waals surface area contributed by atoms with E-state index in [4.69, 9.17) is 5.73 Å². The molecule has 2 atom stereocenters. The Morgan fingerprint density at radius 3 is 2.40 bits per heavy atom. The van der Waals surface area contributed by atoms with Gasteiger partial charge in [0, 0.05) is 25.0 Å². The number of carbonyl (C=O) groups is 2. The lowest BCUT2D eigenvalue weighted by Crippen LogP contribution is -2.49. The Morgan fingerprint density at radius 1 is 1.08 bits per heavy atom. The molecule has 3 rings (SSSR count). The molecule has 1 aromatic carbocycles. The number of benzene rings is 1. The average molecular weight is 347 g/mol. The topological polar surface area (TPSA) is 84.2 Å². The van der Waals surface area contributed by atoms with Crippen molar-refractivity contribution in [3.05, 3.63) is 35.6 Å². The lowest BCUT2D eigenvalue weighted by Gasteiger charge is -2.43. The fourth-order valence-electron chi connectivity index (χ4n) is 4.25. The van der Waals surface area contributed by atoms with E-state index in [0.717, 1.165) is 25.7 Å². The highest BCUT2D eigenvalue weighted by Crippen LogP contribution is 2.41. The van der Waals surface area contributed by atoms with Crippen molar-refractivity contribution in [1.29, 1.82) is 0 Å². The van der Waals surface area contributed by atoms with Crippen LogP contribution in [0.4, 0.5) is 4.39 Å². The van der Waals surface area contributed by atoms with Gasteiger partial charge in [-0.05, 0) is 49.7 Å². The summed E-state index contributed by atoms with van der Waals surface area (Å²) in [6.07, 6.45) is 5.20. The predicted molar refractivity (Wildman–Crippen MR) is 93.3 cm³/mol. The normalized spacial score (nSPS) is 28.2. The van der Waals surface area contributed by atoms with Crippen molar-refractivity contribution in [2.75, 3.05) is 13.1 Å². The molecule has 0 aromatic heterocycles. The highest BCUT2D eigenvalue weighted by molar-refractivity contribution is 5.94. The van der Waals surface area contributed by atoms with Crippen LogP contribution in [-0.2, 0) is 4.79 Å². The van der Waals surface area contributed by atoms with Gasteiger partial charge in [0.2, 0.25) is 5.91 Å². The summed E-state index contributed by atoms with van der Waals surface area (Å²) in [4.78, 5) is 24.3. The number of carbonyl (C=O) groups excluding carboxylic acids is 2. The van der Waals surface area contributed by atoms with Gasteiger partial charge >= 0.3 is 0 Å². The minimum atomic E-state index is -0.547. The molecule has 1 aromatic rings. The summed E-state index contributed by atoms with van der Waals surface area (Å²) in [5, 5.41) is 5.52. The monoisotopic (exact) mass is 347 g/mol. The third-order valence-electron chi connectivity index (χ3n) is 5.61. The molecule has 2 unspecified atom stereocenters. The molecule has 0 saturated heterocycles. The minimum Gasteiger partial charge on any atom is -0.354 e. The first-order valence-electron chi connectivity index (χ1n) is 9.12. The summed E-state index contributed by atoms with van der Waals surface area (Å²) in [6.45, 7) is 0.620. The molecule has 6 heteroatoms. The fourth-order valence-corrected chi connectivity index (χ4v) is 4.25. The zero-order valence-electron chi connectivity index (χ0n) is 14.3. The second-order valence-electron chi connectivity index (χ2n) is 7.22. The summed E-state index contributed by atoms with van der Waals surface area (Å²) in [6, 6.07) is 6.09. The van der Waals surface area contributed by atoms with Gasteiger partial charge in [0.15, 0.2) is 0 Å². The highest BCUT2D eigenvalue weighted by Gasteiger charge is 2.40. The number of hydrogen-bond donors (Lipinski definition) is 3. The van der Waals surface area contributed by atoms with Gasteiger partial charge in [-0.2, -0.15) is 0 Å². The zero-order valence-corrected chi connectivity index (χ0v) is 14.3. The Balaban J connectivity index is 1.41. The number of nitrogens with one attached hydrogen (secondary N) is 2. The molecule has 0 spiro atoms. The van der Waals surface area contributed by atoms with Gasteiger partial charge in [-0.25, -0.2) is 4.39 Å². The second kappa shape index (κ2) is 7.95. The van der Waals surface area contributed by atoms with E-state index >= 15 is 0 Å². The number of hydrogen-bond acceptors (Lipinski definition) is 3. The smallest absolute Gasteiger partial charge is 0.254 e. The molecule has 2 saturated carbocycles. The van der Waals surface area contributed by atoms with Gasteiger partial charge in [-0.15, -0.1) is 0 Å². The molecule has 4 N–H and O–H groups in total. The van der Waals surface area contributed by atoms with Crippen molar-refractivity contribution >= 4 is 11.8 Å². The molecule has 2 aliphatic rings. The van der Waals surface area contributed by atoms with E-state index in [1.807, 2.05) is 0 Å². The van der Waals surface area contributed by atoms with Gasteiger partial charge in [-0.1, -0.05) is 18.6 Å². The molecule has 5 nitrogen and oxygen atoms in total. The van der Waals surface area contributed by atoms with Crippen LogP contribution < -0.4 is 16.4 Å². The van der Waals surface area contributed by atoms with Gasteiger partial charge in [0.1, 0.15) is 5.82 Å². The van der Waals surface area contributed by atoms with Gasteiger partial charge < -0.3 is 16.4 Å². The first kappa shape index (κ1) is 17.9. The molecule has 0 aliphatic heterocycles. The lowest BCUT2D eigenvalue weighted by molar-refractivity contribution is -0.127. The first-order chi connectivity index (χ1) is 12.1. The van der Waals surface area contributed by atoms with E-state index in [2.05, 4.69) is 10.6 Å². The maximum absolute atomic E-state index is 13.5. The van der Waals surface area contributed by atoms with Crippen molar-refractivity contribution in [1.82, 2.24) is 10.6 Å². The van der Waals surface area contributed by atoms with E-state index < -0.39 is 11.7 Å². The number of amides is 2. The Morgan fingerprint density at radius 2 is 1.72 bits per heavy atom. The average Bonchev–Trinajstić information content (AvgIpc) is 2.58. The van der Waals surface area contributed by atoms with E-state index in [-0.39, 0.29) is 30.0 Å². The van der Waals surface area contributed by atoms with Crippen LogP contribution in [0.15, 0.2) is 24.3 Å². The van der Waals surface area contributed by atoms with Gasteiger partial charge in [-0.3, -0.25) is 9.59 Å². The standard InChI is InChI=1S/C19H26FN3O2/c20-16-7-2-1-6-15(16)19(25)23-9-8-22-18(24)14-10-12-4-3-5-13(11-14)17(12)21/h1-2,6-7,12-14,17H,3-5,8-11,21H2,(H,22,24)(H,23,25). The van der Waals surface area contributed by atoms with Gasteiger partial charge in [0.05, 0.1) is 5.56 Å². The lowest BCUT2D eigenvalue weighted by atomic mass is 9.65. The molecular formula is C19H26FN3O2. The molecule has 2 bridgehead atoms. The molecular weight excluding hydrogens is 321 g/mol. The van der Waals surface area contributed by atoms with E-state index in [9.17, 15) is 14.0 Å². The van der Waals surface area contributed by atoms with Crippen molar-refractivity contribution in [2.24, 2.45) is 23.5 Å². The molecule has 2 aliphatic carbocycles. The van der Waals surface area contributed by atoms with E-state index in [1.165, 1.54) is 24.6 Å². The van der Waals surface area contributed by atoms with Crippen LogP contribution in [-0.4, -0.2) is 30.9 Å². The Labute approximate surface area is 147 Å². The maximum atomic E-state index is 13.5. The molecule has 0 radical (unpaired) electrons.